The fraction of sp³-hybridized carbons (Fsp3) is 0.421. The first-order valence-electron chi connectivity index (χ1n) is 8.36. The standard InChI is InChI=1S/C19H23NO3S/c21-17(18-7-4-12-24-18)14-20(13-15-5-2-1-3-6-15)19(22)16-8-10-23-11-9-16/h1-7,12,16-17,21H,8-11,13-14H2. The molecule has 2 heterocycles. The summed E-state index contributed by atoms with van der Waals surface area (Å²) in [5.41, 5.74) is 1.08. The molecule has 5 heteroatoms. The Labute approximate surface area is 146 Å². The summed E-state index contributed by atoms with van der Waals surface area (Å²) in [6, 6.07) is 13.8. The van der Waals surface area contributed by atoms with Crippen molar-refractivity contribution >= 4 is 17.2 Å². The molecular formula is C19H23NO3S. The van der Waals surface area contributed by atoms with Gasteiger partial charge in [0.25, 0.3) is 0 Å². The maximum Gasteiger partial charge on any atom is 0.226 e. The van der Waals surface area contributed by atoms with Crippen molar-refractivity contribution in [2.75, 3.05) is 19.8 Å². The monoisotopic (exact) mass is 345 g/mol. The van der Waals surface area contributed by atoms with Gasteiger partial charge in [0.2, 0.25) is 5.91 Å². The first-order chi connectivity index (χ1) is 11.7. The van der Waals surface area contributed by atoms with Gasteiger partial charge < -0.3 is 14.7 Å². The highest BCUT2D eigenvalue weighted by Crippen LogP contribution is 2.24. The second kappa shape index (κ2) is 8.42. The number of nitrogens with zero attached hydrogens (tertiary/aromatic N) is 1. The molecule has 1 atom stereocenters. The van der Waals surface area contributed by atoms with Gasteiger partial charge in [0.15, 0.2) is 0 Å². The van der Waals surface area contributed by atoms with E-state index in [1.165, 1.54) is 11.3 Å². The van der Waals surface area contributed by atoms with Crippen molar-refractivity contribution in [3.05, 3.63) is 58.3 Å². The molecule has 0 radical (unpaired) electrons. The summed E-state index contributed by atoms with van der Waals surface area (Å²) in [7, 11) is 0. The smallest absolute Gasteiger partial charge is 0.226 e. The van der Waals surface area contributed by atoms with Crippen LogP contribution >= 0.6 is 11.3 Å². The van der Waals surface area contributed by atoms with Gasteiger partial charge in [0.1, 0.15) is 6.10 Å². The molecule has 3 rings (SSSR count). The Morgan fingerprint density at radius 3 is 2.62 bits per heavy atom. The molecule has 0 saturated carbocycles. The lowest BCUT2D eigenvalue weighted by Gasteiger charge is -2.30. The Balaban J connectivity index is 1.73. The molecule has 0 aliphatic carbocycles. The van der Waals surface area contributed by atoms with E-state index in [4.69, 9.17) is 4.74 Å². The van der Waals surface area contributed by atoms with E-state index in [1.54, 1.807) is 4.90 Å². The van der Waals surface area contributed by atoms with Crippen LogP contribution in [0.25, 0.3) is 0 Å². The minimum Gasteiger partial charge on any atom is -0.386 e. The van der Waals surface area contributed by atoms with Crippen LogP contribution in [0.3, 0.4) is 0 Å². The zero-order valence-corrected chi connectivity index (χ0v) is 14.5. The van der Waals surface area contributed by atoms with E-state index in [0.717, 1.165) is 23.3 Å². The predicted octanol–water partition coefficient (Wildman–Crippen LogP) is 3.24. The number of thiophene rings is 1. The van der Waals surface area contributed by atoms with Crippen molar-refractivity contribution in [3.8, 4) is 0 Å². The van der Waals surface area contributed by atoms with E-state index < -0.39 is 6.10 Å². The van der Waals surface area contributed by atoms with Crippen LogP contribution in [0, 0.1) is 5.92 Å². The number of hydrogen-bond donors (Lipinski definition) is 1. The summed E-state index contributed by atoms with van der Waals surface area (Å²) >= 11 is 1.52. The number of rotatable bonds is 6. The predicted molar refractivity (Wildman–Crippen MR) is 94.7 cm³/mol. The molecule has 1 fully saturated rings. The third-order valence-electron chi connectivity index (χ3n) is 4.36. The van der Waals surface area contributed by atoms with E-state index in [-0.39, 0.29) is 11.8 Å². The van der Waals surface area contributed by atoms with Gasteiger partial charge in [-0.1, -0.05) is 36.4 Å². The minimum absolute atomic E-state index is 0.00185. The fourth-order valence-corrected chi connectivity index (χ4v) is 3.72. The normalized spacial score (nSPS) is 16.7. The Morgan fingerprint density at radius 1 is 1.21 bits per heavy atom. The summed E-state index contributed by atoms with van der Waals surface area (Å²) in [4.78, 5) is 15.7. The van der Waals surface area contributed by atoms with E-state index in [1.807, 2.05) is 47.8 Å². The molecule has 1 aliphatic rings. The maximum atomic E-state index is 13.0. The highest BCUT2D eigenvalue weighted by atomic mass is 32.1. The van der Waals surface area contributed by atoms with E-state index in [9.17, 15) is 9.90 Å². The number of aliphatic hydroxyl groups is 1. The van der Waals surface area contributed by atoms with Crippen LogP contribution in [0.1, 0.15) is 29.4 Å². The van der Waals surface area contributed by atoms with Gasteiger partial charge in [-0.3, -0.25) is 4.79 Å². The lowest BCUT2D eigenvalue weighted by atomic mass is 9.98. The molecule has 4 nitrogen and oxygen atoms in total. The van der Waals surface area contributed by atoms with Gasteiger partial charge in [0.05, 0.1) is 6.54 Å². The Hall–Kier alpha value is -1.69. The van der Waals surface area contributed by atoms with Crippen LogP contribution in [0.4, 0.5) is 0 Å². The summed E-state index contributed by atoms with van der Waals surface area (Å²) < 4.78 is 5.37. The SMILES string of the molecule is O=C(C1CCOCC1)N(Cc1ccccc1)CC(O)c1cccs1. The summed E-state index contributed by atoms with van der Waals surface area (Å²) in [5, 5.41) is 12.4. The molecule has 1 aliphatic heterocycles. The number of carbonyl (C=O) groups is 1. The molecule has 0 spiro atoms. The quantitative estimate of drug-likeness (QED) is 0.874. The fourth-order valence-electron chi connectivity index (χ4n) is 3.02. The molecule has 2 aromatic rings. The Morgan fingerprint density at radius 2 is 1.96 bits per heavy atom. The average molecular weight is 345 g/mol. The second-order valence-electron chi connectivity index (χ2n) is 6.12. The Bertz CT molecular complexity index is 623. The van der Waals surface area contributed by atoms with Crippen molar-refractivity contribution in [1.29, 1.82) is 0 Å². The third-order valence-corrected chi connectivity index (χ3v) is 5.34. The van der Waals surface area contributed by atoms with E-state index in [2.05, 4.69) is 0 Å². The van der Waals surface area contributed by atoms with Gasteiger partial charge >= 0.3 is 0 Å². The Kier molecular flexibility index (Phi) is 6.01. The molecule has 128 valence electrons. The highest BCUT2D eigenvalue weighted by Gasteiger charge is 2.28. The zero-order chi connectivity index (χ0) is 16.8. The van der Waals surface area contributed by atoms with E-state index >= 15 is 0 Å². The molecular weight excluding hydrogens is 322 g/mol. The number of amides is 1. The average Bonchev–Trinajstić information content (AvgIpc) is 3.17. The molecule has 24 heavy (non-hydrogen) atoms. The maximum absolute atomic E-state index is 13.0. The van der Waals surface area contributed by atoms with Gasteiger partial charge in [-0.05, 0) is 29.9 Å². The number of hydrogen-bond acceptors (Lipinski definition) is 4. The topological polar surface area (TPSA) is 49.8 Å². The molecule has 1 amide bonds. The van der Waals surface area contributed by atoms with Crippen molar-refractivity contribution in [3.63, 3.8) is 0 Å². The van der Waals surface area contributed by atoms with Crippen molar-refractivity contribution in [2.45, 2.75) is 25.5 Å². The van der Waals surface area contributed by atoms with Gasteiger partial charge in [-0.25, -0.2) is 0 Å². The molecule has 1 unspecified atom stereocenters. The molecule has 1 aromatic carbocycles. The highest BCUT2D eigenvalue weighted by molar-refractivity contribution is 7.10. The number of carbonyl (C=O) groups excluding carboxylic acids is 1. The van der Waals surface area contributed by atoms with E-state index in [0.29, 0.717) is 26.3 Å². The lowest BCUT2D eigenvalue weighted by Crippen LogP contribution is -2.40. The third kappa shape index (κ3) is 4.44. The van der Waals surface area contributed by atoms with Crippen LogP contribution in [0.5, 0.6) is 0 Å². The van der Waals surface area contributed by atoms with Crippen LogP contribution in [-0.2, 0) is 16.1 Å². The van der Waals surface area contributed by atoms with Crippen molar-refractivity contribution < 1.29 is 14.6 Å². The minimum atomic E-state index is -0.641. The van der Waals surface area contributed by atoms with Gasteiger partial charge in [-0.2, -0.15) is 0 Å². The first kappa shape index (κ1) is 17.1. The van der Waals surface area contributed by atoms with Crippen LogP contribution in [0.15, 0.2) is 47.8 Å². The summed E-state index contributed by atoms with van der Waals surface area (Å²) in [5.74, 6) is 0.121. The van der Waals surface area contributed by atoms with Crippen LogP contribution < -0.4 is 0 Å². The van der Waals surface area contributed by atoms with Gasteiger partial charge in [-0.15, -0.1) is 11.3 Å². The van der Waals surface area contributed by atoms with Crippen molar-refractivity contribution in [1.82, 2.24) is 4.90 Å². The van der Waals surface area contributed by atoms with Gasteiger partial charge in [0, 0.05) is 30.6 Å². The van der Waals surface area contributed by atoms with Crippen LogP contribution in [-0.4, -0.2) is 35.7 Å². The molecule has 0 bridgehead atoms. The molecule has 1 N–H and O–H groups in total. The lowest BCUT2D eigenvalue weighted by molar-refractivity contribution is -0.140. The number of aliphatic hydroxyl groups excluding tert-OH is 1. The van der Waals surface area contributed by atoms with Crippen molar-refractivity contribution in [2.24, 2.45) is 5.92 Å². The molecule has 1 saturated heterocycles. The first-order valence-corrected chi connectivity index (χ1v) is 9.24. The number of benzene rings is 1. The largest absolute Gasteiger partial charge is 0.386 e. The second-order valence-corrected chi connectivity index (χ2v) is 7.10. The zero-order valence-electron chi connectivity index (χ0n) is 13.6. The molecule has 1 aromatic heterocycles. The summed E-state index contributed by atoms with van der Waals surface area (Å²) in [6.07, 6.45) is 0.885. The number of ether oxygens (including phenoxy) is 1. The van der Waals surface area contributed by atoms with Crippen LogP contribution in [0.2, 0.25) is 0 Å². The summed E-state index contributed by atoms with van der Waals surface area (Å²) in [6.45, 7) is 2.14.